The van der Waals surface area contributed by atoms with Gasteiger partial charge in [-0.1, -0.05) is 20.8 Å². The number of aromatic nitrogens is 2. The van der Waals surface area contributed by atoms with Crippen molar-refractivity contribution < 1.29 is 4.79 Å². The van der Waals surface area contributed by atoms with E-state index >= 15 is 0 Å². The van der Waals surface area contributed by atoms with Gasteiger partial charge in [0.25, 0.3) is 0 Å². The minimum absolute atomic E-state index is 0.204. The van der Waals surface area contributed by atoms with E-state index in [2.05, 4.69) is 9.97 Å². The highest BCUT2D eigenvalue weighted by molar-refractivity contribution is 5.85. The molecule has 3 heteroatoms. The number of Topliss-reactive ketones (excluding diaryl/α,β-unsaturated/α-hetero) is 1. The molecule has 3 nitrogen and oxygen atoms in total. The Balaban J connectivity index is 2.75. The predicted octanol–water partition coefficient (Wildman–Crippen LogP) is 1.94. The molecule has 0 bridgehead atoms. The van der Waals surface area contributed by atoms with Gasteiger partial charge in [-0.25, -0.2) is 9.97 Å². The summed E-state index contributed by atoms with van der Waals surface area (Å²) in [5.74, 6) is 0.916. The standard InChI is InChI=1S/C11H16N2O/c1-8-12-6-5-9(13-8)7-10(14)11(2,3)4/h5-6H,7H2,1-4H3. The highest BCUT2D eigenvalue weighted by Gasteiger charge is 2.21. The van der Waals surface area contributed by atoms with Crippen molar-refractivity contribution in [1.29, 1.82) is 0 Å². The maximum absolute atomic E-state index is 11.7. The van der Waals surface area contributed by atoms with E-state index in [0.29, 0.717) is 12.2 Å². The van der Waals surface area contributed by atoms with Gasteiger partial charge >= 0.3 is 0 Å². The summed E-state index contributed by atoms with van der Waals surface area (Å²) >= 11 is 0. The number of hydrogen-bond acceptors (Lipinski definition) is 3. The average molecular weight is 192 g/mol. The molecule has 0 aliphatic carbocycles. The summed E-state index contributed by atoms with van der Waals surface area (Å²) in [7, 11) is 0. The fourth-order valence-corrected chi connectivity index (χ4v) is 1.03. The van der Waals surface area contributed by atoms with Gasteiger partial charge in [0.15, 0.2) is 0 Å². The largest absolute Gasteiger partial charge is 0.299 e. The maximum atomic E-state index is 11.7. The summed E-state index contributed by atoms with van der Waals surface area (Å²) in [6, 6.07) is 1.79. The minimum atomic E-state index is -0.293. The fraction of sp³-hybridized carbons (Fsp3) is 0.545. The topological polar surface area (TPSA) is 42.9 Å². The predicted molar refractivity (Wildman–Crippen MR) is 54.9 cm³/mol. The summed E-state index contributed by atoms with van der Waals surface area (Å²) in [4.78, 5) is 19.9. The van der Waals surface area contributed by atoms with E-state index in [1.165, 1.54) is 0 Å². The molecule has 14 heavy (non-hydrogen) atoms. The van der Waals surface area contributed by atoms with Gasteiger partial charge < -0.3 is 0 Å². The third-order valence-corrected chi connectivity index (χ3v) is 2.01. The Kier molecular flexibility index (Phi) is 2.99. The Morgan fingerprint density at radius 1 is 1.43 bits per heavy atom. The molecule has 0 unspecified atom stereocenters. The first-order valence-corrected chi connectivity index (χ1v) is 4.71. The molecule has 0 radical (unpaired) electrons. The average Bonchev–Trinajstić information content (AvgIpc) is 2.02. The summed E-state index contributed by atoms with van der Waals surface area (Å²) in [5.41, 5.74) is 0.510. The highest BCUT2D eigenvalue weighted by Crippen LogP contribution is 2.16. The number of hydrogen-bond donors (Lipinski definition) is 0. The van der Waals surface area contributed by atoms with Crippen LogP contribution in [0.25, 0.3) is 0 Å². The molecule has 0 saturated heterocycles. The van der Waals surface area contributed by atoms with E-state index in [-0.39, 0.29) is 11.2 Å². The van der Waals surface area contributed by atoms with Crippen LogP contribution in [0, 0.1) is 12.3 Å². The zero-order valence-corrected chi connectivity index (χ0v) is 9.16. The molecule has 0 fully saturated rings. The maximum Gasteiger partial charge on any atom is 0.144 e. The summed E-state index contributed by atoms with van der Waals surface area (Å²) < 4.78 is 0. The van der Waals surface area contributed by atoms with Gasteiger partial charge in [-0.15, -0.1) is 0 Å². The van der Waals surface area contributed by atoms with Crippen molar-refractivity contribution in [3.8, 4) is 0 Å². The van der Waals surface area contributed by atoms with E-state index in [0.717, 1.165) is 5.69 Å². The molecular formula is C11H16N2O. The van der Waals surface area contributed by atoms with Crippen LogP contribution in [-0.2, 0) is 11.2 Å². The lowest BCUT2D eigenvalue weighted by Crippen LogP contribution is -2.22. The number of nitrogens with zero attached hydrogens (tertiary/aromatic N) is 2. The fourth-order valence-electron chi connectivity index (χ4n) is 1.03. The van der Waals surface area contributed by atoms with Crippen molar-refractivity contribution in [1.82, 2.24) is 9.97 Å². The molecule has 0 amide bonds. The molecule has 1 aromatic rings. The summed E-state index contributed by atoms with van der Waals surface area (Å²) in [6.45, 7) is 7.58. The van der Waals surface area contributed by atoms with Gasteiger partial charge in [0.05, 0.1) is 5.69 Å². The van der Waals surface area contributed by atoms with Crippen molar-refractivity contribution in [3.63, 3.8) is 0 Å². The zero-order chi connectivity index (χ0) is 10.8. The normalized spacial score (nSPS) is 11.4. The van der Waals surface area contributed by atoms with Gasteiger partial charge in [0, 0.05) is 18.0 Å². The number of rotatable bonds is 2. The van der Waals surface area contributed by atoms with Gasteiger partial charge in [0.1, 0.15) is 11.6 Å². The van der Waals surface area contributed by atoms with E-state index in [1.807, 2.05) is 27.7 Å². The first kappa shape index (κ1) is 10.8. The van der Waals surface area contributed by atoms with Crippen molar-refractivity contribution in [2.45, 2.75) is 34.1 Å². The molecule has 1 aromatic heterocycles. The van der Waals surface area contributed by atoms with E-state index in [9.17, 15) is 4.79 Å². The van der Waals surface area contributed by atoms with Crippen LogP contribution in [-0.4, -0.2) is 15.8 Å². The van der Waals surface area contributed by atoms with Crippen molar-refractivity contribution in [3.05, 3.63) is 23.8 Å². The van der Waals surface area contributed by atoms with Crippen LogP contribution >= 0.6 is 0 Å². The SMILES string of the molecule is Cc1nccc(CC(=O)C(C)(C)C)n1. The minimum Gasteiger partial charge on any atom is -0.299 e. The van der Waals surface area contributed by atoms with E-state index < -0.39 is 0 Å². The van der Waals surface area contributed by atoms with Crippen LogP contribution in [0.15, 0.2) is 12.3 Å². The van der Waals surface area contributed by atoms with Crippen LogP contribution in [0.1, 0.15) is 32.3 Å². The second-order valence-corrected chi connectivity index (χ2v) is 4.45. The lowest BCUT2D eigenvalue weighted by molar-refractivity contribution is -0.125. The van der Waals surface area contributed by atoms with Crippen LogP contribution in [0.3, 0.4) is 0 Å². The third-order valence-electron chi connectivity index (χ3n) is 2.01. The Morgan fingerprint density at radius 2 is 2.07 bits per heavy atom. The molecular weight excluding hydrogens is 176 g/mol. The van der Waals surface area contributed by atoms with Crippen molar-refractivity contribution >= 4 is 5.78 Å². The van der Waals surface area contributed by atoms with Crippen LogP contribution in [0.5, 0.6) is 0 Å². The van der Waals surface area contributed by atoms with Gasteiger partial charge in [-0.05, 0) is 13.0 Å². The van der Waals surface area contributed by atoms with Crippen molar-refractivity contribution in [2.24, 2.45) is 5.41 Å². The molecule has 1 rings (SSSR count). The molecule has 76 valence electrons. The van der Waals surface area contributed by atoms with Crippen LogP contribution in [0.4, 0.5) is 0 Å². The molecule has 0 saturated carbocycles. The first-order valence-electron chi connectivity index (χ1n) is 4.71. The third kappa shape index (κ3) is 2.91. The smallest absolute Gasteiger partial charge is 0.144 e. The quantitative estimate of drug-likeness (QED) is 0.719. The molecule has 1 heterocycles. The Bertz CT molecular complexity index is 339. The Labute approximate surface area is 84.6 Å². The monoisotopic (exact) mass is 192 g/mol. The zero-order valence-electron chi connectivity index (χ0n) is 9.16. The second kappa shape index (κ2) is 3.86. The Hall–Kier alpha value is -1.25. The number of ketones is 1. The summed E-state index contributed by atoms with van der Waals surface area (Å²) in [6.07, 6.45) is 2.08. The summed E-state index contributed by atoms with van der Waals surface area (Å²) in [5, 5.41) is 0. The van der Waals surface area contributed by atoms with E-state index in [4.69, 9.17) is 0 Å². The van der Waals surface area contributed by atoms with Crippen LogP contribution in [0.2, 0.25) is 0 Å². The number of aryl methyl sites for hydroxylation is 1. The van der Waals surface area contributed by atoms with Gasteiger partial charge in [-0.3, -0.25) is 4.79 Å². The lowest BCUT2D eigenvalue weighted by Gasteiger charge is -2.15. The molecule has 0 atom stereocenters. The van der Waals surface area contributed by atoms with Gasteiger partial charge in [-0.2, -0.15) is 0 Å². The van der Waals surface area contributed by atoms with Gasteiger partial charge in [0.2, 0.25) is 0 Å². The van der Waals surface area contributed by atoms with E-state index in [1.54, 1.807) is 12.3 Å². The molecule has 0 aromatic carbocycles. The molecule has 0 N–H and O–H groups in total. The number of carbonyl (C=O) groups is 1. The second-order valence-electron chi connectivity index (χ2n) is 4.45. The number of carbonyl (C=O) groups excluding carboxylic acids is 1. The molecule has 0 spiro atoms. The molecule has 0 aliphatic heterocycles. The first-order chi connectivity index (χ1) is 6.39. The molecule has 0 aliphatic rings. The highest BCUT2D eigenvalue weighted by atomic mass is 16.1. The van der Waals surface area contributed by atoms with Crippen LogP contribution < -0.4 is 0 Å². The lowest BCUT2D eigenvalue weighted by atomic mass is 9.88. The Morgan fingerprint density at radius 3 is 2.57 bits per heavy atom. The van der Waals surface area contributed by atoms with Crippen molar-refractivity contribution in [2.75, 3.05) is 0 Å².